The third-order valence-electron chi connectivity index (χ3n) is 3.32. The number of thioether (sulfide) groups is 1. The van der Waals surface area contributed by atoms with E-state index in [0.717, 1.165) is 11.8 Å². The molecule has 0 bridgehead atoms. The fraction of sp³-hybridized carbons (Fsp3) is 0.462. The highest BCUT2D eigenvalue weighted by Crippen LogP contribution is 2.35. The smallest absolute Gasteiger partial charge is 0.153 e. The Morgan fingerprint density at radius 1 is 1.30 bits per heavy atom. The van der Waals surface area contributed by atoms with Crippen molar-refractivity contribution in [3.63, 3.8) is 0 Å². The van der Waals surface area contributed by atoms with Crippen molar-refractivity contribution in [2.24, 2.45) is 4.99 Å². The second-order valence-electron chi connectivity index (χ2n) is 5.03. The lowest BCUT2D eigenvalue weighted by Gasteiger charge is -2.22. The third-order valence-corrected chi connectivity index (χ3v) is 4.28. The Labute approximate surface area is 136 Å². The second kappa shape index (κ2) is 7.13. The molecule has 2 unspecified atom stereocenters. The second-order valence-corrected chi connectivity index (χ2v) is 6.33. The molecular formula is C13H18N6O3S. The van der Waals surface area contributed by atoms with E-state index in [4.69, 9.17) is 16.6 Å². The van der Waals surface area contributed by atoms with E-state index in [9.17, 15) is 15.3 Å². The van der Waals surface area contributed by atoms with Crippen LogP contribution in [0.4, 0.5) is 11.5 Å². The van der Waals surface area contributed by atoms with E-state index < -0.39 is 23.6 Å². The summed E-state index contributed by atoms with van der Waals surface area (Å²) in [5.74, 6) is -0.497. The molecule has 2 rings (SSSR count). The summed E-state index contributed by atoms with van der Waals surface area (Å²) in [5.41, 5.74) is 5.32. The molecule has 0 amide bonds. The van der Waals surface area contributed by atoms with Gasteiger partial charge in [0.2, 0.25) is 0 Å². The molecule has 0 radical (unpaired) electrons. The highest BCUT2D eigenvalue weighted by molar-refractivity contribution is 8.00. The standard InChI is InChI=1S/C13H18N6O3S/c1-5(20)23-3-7(14)11(21)12(22)8(15)6-2-17-10-9(6)18-4-19-13(10)16/h2,4-6,11-12,14-15,20-22H,3H2,1H3,(H2,16,18,19)/t5?,6?,11-,12+/m0/s1. The molecule has 1 aromatic rings. The molecule has 0 saturated heterocycles. The molecule has 10 heteroatoms. The van der Waals surface area contributed by atoms with Gasteiger partial charge in [0.25, 0.3) is 0 Å². The number of aliphatic imine (C=N–C) groups is 1. The fourth-order valence-corrected chi connectivity index (χ4v) is 2.65. The van der Waals surface area contributed by atoms with Gasteiger partial charge in [0.15, 0.2) is 5.82 Å². The molecule has 0 fully saturated rings. The topological polar surface area (TPSA) is 173 Å². The molecule has 0 saturated carbocycles. The van der Waals surface area contributed by atoms with Crippen LogP contribution in [-0.4, -0.2) is 66.3 Å². The van der Waals surface area contributed by atoms with Crippen LogP contribution in [0, 0.1) is 10.8 Å². The largest absolute Gasteiger partial charge is 0.384 e. The van der Waals surface area contributed by atoms with Gasteiger partial charge in [0, 0.05) is 12.0 Å². The van der Waals surface area contributed by atoms with Gasteiger partial charge in [0.1, 0.15) is 24.2 Å². The summed E-state index contributed by atoms with van der Waals surface area (Å²) in [7, 11) is 0. The molecule has 1 aliphatic rings. The van der Waals surface area contributed by atoms with Gasteiger partial charge in [-0.2, -0.15) is 0 Å². The molecule has 9 nitrogen and oxygen atoms in total. The van der Waals surface area contributed by atoms with Crippen LogP contribution >= 0.6 is 11.8 Å². The predicted octanol–water partition coefficient (Wildman–Crippen LogP) is -0.309. The van der Waals surface area contributed by atoms with Crippen molar-refractivity contribution in [3.8, 4) is 0 Å². The van der Waals surface area contributed by atoms with Gasteiger partial charge >= 0.3 is 0 Å². The van der Waals surface area contributed by atoms with E-state index >= 15 is 0 Å². The number of nitrogens with zero attached hydrogens (tertiary/aromatic N) is 3. The molecule has 0 aliphatic carbocycles. The van der Waals surface area contributed by atoms with Gasteiger partial charge in [-0.3, -0.25) is 4.99 Å². The first-order valence-corrected chi connectivity index (χ1v) is 7.83. The lowest BCUT2D eigenvalue weighted by atomic mass is 9.93. The summed E-state index contributed by atoms with van der Waals surface area (Å²) in [6.45, 7) is 1.54. The Bertz CT molecular complexity index is 651. The summed E-state index contributed by atoms with van der Waals surface area (Å²) < 4.78 is 0. The minimum Gasteiger partial charge on any atom is -0.384 e. The van der Waals surface area contributed by atoms with Crippen LogP contribution in [0.15, 0.2) is 11.3 Å². The van der Waals surface area contributed by atoms with Crippen molar-refractivity contribution in [1.29, 1.82) is 10.8 Å². The minimum absolute atomic E-state index is 0.0492. The molecule has 124 valence electrons. The maximum absolute atomic E-state index is 10.2. The van der Waals surface area contributed by atoms with E-state index in [0.29, 0.717) is 11.4 Å². The number of aliphatic hydroxyl groups is 3. The van der Waals surface area contributed by atoms with E-state index in [2.05, 4.69) is 15.0 Å². The van der Waals surface area contributed by atoms with Crippen LogP contribution in [0.2, 0.25) is 0 Å². The number of nitrogen functional groups attached to an aromatic ring is 1. The Balaban J connectivity index is 2.08. The number of nitrogens with one attached hydrogen (secondary N) is 2. The molecule has 1 aliphatic heterocycles. The van der Waals surface area contributed by atoms with Crippen molar-refractivity contribution in [1.82, 2.24) is 9.97 Å². The normalized spacial score (nSPS) is 19.9. The van der Waals surface area contributed by atoms with Crippen LogP contribution in [0.5, 0.6) is 0 Å². The molecule has 4 atom stereocenters. The number of nitrogens with two attached hydrogens (primary N) is 1. The van der Waals surface area contributed by atoms with E-state index in [1.165, 1.54) is 12.5 Å². The zero-order valence-corrected chi connectivity index (χ0v) is 13.2. The van der Waals surface area contributed by atoms with Gasteiger partial charge in [-0.15, -0.1) is 11.8 Å². The zero-order valence-electron chi connectivity index (χ0n) is 12.3. The van der Waals surface area contributed by atoms with Crippen molar-refractivity contribution in [2.45, 2.75) is 30.5 Å². The lowest BCUT2D eigenvalue weighted by molar-refractivity contribution is 0.103. The van der Waals surface area contributed by atoms with Crippen LogP contribution in [0.1, 0.15) is 18.5 Å². The van der Waals surface area contributed by atoms with Crippen molar-refractivity contribution in [3.05, 3.63) is 12.0 Å². The highest BCUT2D eigenvalue weighted by Gasteiger charge is 2.34. The minimum atomic E-state index is -1.57. The number of aromatic nitrogens is 2. The van der Waals surface area contributed by atoms with Crippen LogP contribution in [-0.2, 0) is 0 Å². The Hall–Kier alpha value is -1.88. The quantitative estimate of drug-likeness (QED) is 0.292. The molecule has 23 heavy (non-hydrogen) atoms. The summed E-state index contributed by atoms with van der Waals surface area (Å²) in [5, 5.41) is 45.2. The molecule has 0 spiro atoms. The van der Waals surface area contributed by atoms with E-state index in [1.807, 2.05) is 0 Å². The first-order chi connectivity index (χ1) is 10.8. The average Bonchev–Trinajstić information content (AvgIpc) is 2.95. The van der Waals surface area contributed by atoms with Gasteiger partial charge < -0.3 is 31.9 Å². The fourth-order valence-electron chi connectivity index (χ4n) is 2.05. The maximum Gasteiger partial charge on any atom is 0.153 e. The lowest BCUT2D eigenvalue weighted by Crippen LogP contribution is -2.42. The first-order valence-electron chi connectivity index (χ1n) is 6.79. The predicted molar refractivity (Wildman–Crippen MR) is 88.9 cm³/mol. The highest BCUT2D eigenvalue weighted by atomic mass is 32.2. The Kier molecular flexibility index (Phi) is 5.42. The Morgan fingerprint density at radius 2 is 2.00 bits per heavy atom. The van der Waals surface area contributed by atoms with Crippen molar-refractivity contribution >= 4 is 40.9 Å². The van der Waals surface area contributed by atoms with Crippen molar-refractivity contribution < 1.29 is 15.3 Å². The van der Waals surface area contributed by atoms with E-state index in [-0.39, 0.29) is 23.0 Å². The number of rotatable bonds is 7. The maximum atomic E-state index is 10.2. The number of aliphatic hydroxyl groups excluding tert-OH is 3. The van der Waals surface area contributed by atoms with E-state index in [1.54, 1.807) is 6.92 Å². The number of hydrogen-bond donors (Lipinski definition) is 6. The van der Waals surface area contributed by atoms with Gasteiger partial charge in [0.05, 0.1) is 28.5 Å². The van der Waals surface area contributed by atoms with Crippen molar-refractivity contribution in [2.75, 3.05) is 11.5 Å². The molecule has 1 aromatic heterocycles. The first kappa shape index (κ1) is 17.5. The molecule has 2 heterocycles. The molecular weight excluding hydrogens is 320 g/mol. The number of fused-ring (bicyclic) bond motifs is 1. The average molecular weight is 338 g/mol. The molecule has 0 aromatic carbocycles. The Morgan fingerprint density at radius 3 is 2.65 bits per heavy atom. The summed E-state index contributed by atoms with van der Waals surface area (Å²) in [4.78, 5) is 11.9. The summed E-state index contributed by atoms with van der Waals surface area (Å²) in [6, 6.07) is 0. The molecule has 7 N–H and O–H groups in total. The monoisotopic (exact) mass is 338 g/mol. The van der Waals surface area contributed by atoms with Gasteiger partial charge in [-0.25, -0.2) is 9.97 Å². The van der Waals surface area contributed by atoms with Gasteiger partial charge in [-0.05, 0) is 6.92 Å². The van der Waals surface area contributed by atoms with Crippen LogP contribution in [0.3, 0.4) is 0 Å². The summed E-state index contributed by atoms with van der Waals surface area (Å²) >= 11 is 1.05. The van der Waals surface area contributed by atoms with Crippen LogP contribution < -0.4 is 5.73 Å². The number of anilines is 1. The third kappa shape index (κ3) is 3.72. The summed E-state index contributed by atoms with van der Waals surface area (Å²) in [6.07, 6.45) is -0.462. The zero-order chi connectivity index (χ0) is 17.1. The van der Waals surface area contributed by atoms with Gasteiger partial charge in [-0.1, -0.05) is 0 Å². The van der Waals surface area contributed by atoms with Crippen LogP contribution in [0.25, 0.3) is 0 Å². The number of hydrogen-bond acceptors (Lipinski definition) is 10. The SMILES string of the molecule is CC(O)SCC(=N)[C@H](O)[C@H](O)C(=N)C1C=Nc2c(N)ncnc21.